The predicted octanol–water partition coefficient (Wildman–Crippen LogP) is 5.22. The Morgan fingerprint density at radius 2 is 1.92 bits per heavy atom. The molecule has 1 aromatic heterocycles. The first-order valence-corrected chi connectivity index (χ1v) is 12.7. The summed E-state index contributed by atoms with van der Waals surface area (Å²) in [5, 5.41) is 17.4. The van der Waals surface area contributed by atoms with Crippen molar-refractivity contribution in [2.24, 2.45) is 5.92 Å². The summed E-state index contributed by atoms with van der Waals surface area (Å²) in [4.78, 5) is 19.6. The molecule has 7 nitrogen and oxygen atoms in total. The highest BCUT2D eigenvalue weighted by Crippen LogP contribution is 2.36. The van der Waals surface area contributed by atoms with Crippen LogP contribution in [0.25, 0.3) is 22.0 Å². The van der Waals surface area contributed by atoms with E-state index in [0.29, 0.717) is 24.0 Å². The molecule has 0 saturated heterocycles. The molecule has 1 heterocycles. The summed E-state index contributed by atoms with van der Waals surface area (Å²) >= 11 is 0. The molecule has 1 aliphatic rings. The predicted molar refractivity (Wildman–Crippen MR) is 144 cm³/mol. The second-order valence-electron chi connectivity index (χ2n) is 9.96. The van der Waals surface area contributed by atoms with E-state index in [4.69, 9.17) is 4.74 Å². The van der Waals surface area contributed by atoms with Gasteiger partial charge in [-0.15, -0.1) is 0 Å². The number of carbonyl (C=O) groups excluding carboxylic acids is 1. The molecular weight excluding hydrogens is 469 g/mol. The molecule has 1 aliphatic carbocycles. The van der Waals surface area contributed by atoms with E-state index in [9.17, 15) is 14.4 Å². The normalized spacial score (nSPS) is 18.3. The molecule has 1 unspecified atom stereocenters. The van der Waals surface area contributed by atoms with E-state index < -0.39 is 11.7 Å². The zero-order valence-corrected chi connectivity index (χ0v) is 21.8. The van der Waals surface area contributed by atoms with Crippen molar-refractivity contribution in [3.8, 4) is 23.1 Å². The fourth-order valence-electron chi connectivity index (χ4n) is 4.86. The summed E-state index contributed by atoms with van der Waals surface area (Å²) in [5.41, 5.74) is 1.83. The first-order chi connectivity index (χ1) is 17.8. The molecule has 8 heteroatoms. The molecule has 0 bridgehead atoms. The van der Waals surface area contributed by atoms with Crippen LogP contribution in [-0.2, 0) is 0 Å². The van der Waals surface area contributed by atoms with Crippen molar-refractivity contribution in [3.05, 3.63) is 54.0 Å². The largest absolute Gasteiger partial charge is 0.495 e. The van der Waals surface area contributed by atoms with Crippen LogP contribution in [0.5, 0.6) is 5.75 Å². The van der Waals surface area contributed by atoms with Crippen molar-refractivity contribution < 1.29 is 13.9 Å². The number of methoxy groups -OCH3 is 1. The molecule has 2 aromatic carbocycles. The molecule has 0 aliphatic heterocycles. The van der Waals surface area contributed by atoms with Crippen molar-refractivity contribution in [3.63, 3.8) is 0 Å². The van der Waals surface area contributed by atoms with E-state index in [1.54, 1.807) is 13.2 Å². The molecular formula is C29H34FN5O2. The molecule has 1 saturated carbocycles. The lowest BCUT2D eigenvalue weighted by Crippen LogP contribution is -2.42. The van der Waals surface area contributed by atoms with Crippen LogP contribution in [-0.4, -0.2) is 55.6 Å². The summed E-state index contributed by atoms with van der Waals surface area (Å²) in [6.45, 7) is 2.31. The standard InChI is InChI=1S/C29H34FN5O2/c1-18(16-31)17-32-27-23-15-20(6-5-19(23)7-14-26(27)37-4)25-13-12-24(30)28(34-25)29(36)33-21-8-10-22(11-9-21)35(2)3/h5-7,12-15,18,21-22,32H,8-11,17H2,1-4H3,(H,33,36). The van der Waals surface area contributed by atoms with Crippen LogP contribution in [0.3, 0.4) is 0 Å². The minimum Gasteiger partial charge on any atom is -0.495 e. The molecule has 1 amide bonds. The number of nitrogens with one attached hydrogen (secondary N) is 2. The van der Waals surface area contributed by atoms with Crippen LogP contribution in [0.15, 0.2) is 42.5 Å². The van der Waals surface area contributed by atoms with Crippen LogP contribution in [0.2, 0.25) is 0 Å². The van der Waals surface area contributed by atoms with Crippen molar-refractivity contribution in [2.75, 3.05) is 33.1 Å². The van der Waals surface area contributed by atoms with Gasteiger partial charge in [0.2, 0.25) is 0 Å². The monoisotopic (exact) mass is 503 g/mol. The molecule has 1 fully saturated rings. The van der Waals surface area contributed by atoms with Gasteiger partial charge in [-0.1, -0.05) is 18.2 Å². The smallest absolute Gasteiger partial charge is 0.273 e. The van der Waals surface area contributed by atoms with E-state index in [1.165, 1.54) is 6.07 Å². The second kappa shape index (κ2) is 11.6. The summed E-state index contributed by atoms with van der Waals surface area (Å²) in [5.74, 6) is -0.645. The summed E-state index contributed by atoms with van der Waals surface area (Å²) in [6, 6.07) is 15.3. The number of amides is 1. The number of halogens is 1. The van der Waals surface area contributed by atoms with Crippen LogP contribution < -0.4 is 15.4 Å². The van der Waals surface area contributed by atoms with Gasteiger partial charge in [0.25, 0.3) is 5.91 Å². The fourth-order valence-corrected chi connectivity index (χ4v) is 4.86. The Balaban J connectivity index is 1.61. The number of rotatable bonds is 8. The van der Waals surface area contributed by atoms with Crippen molar-refractivity contribution >= 4 is 22.4 Å². The van der Waals surface area contributed by atoms with E-state index in [1.807, 2.05) is 37.3 Å². The lowest BCUT2D eigenvalue weighted by molar-refractivity contribution is 0.0906. The van der Waals surface area contributed by atoms with Gasteiger partial charge in [-0.3, -0.25) is 4.79 Å². The highest BCUT2D eigenvalue weighted by Gasteiger charge is 2.25. The number of nitrogens with zero attached hydrogens (tertiary/aromatic N) is 3. The Morgan fingerprint density at radius 1 is 1.19 bits per heavy atom. The zero-order valence-electron chi connectivity index (χ0n) is 21.8. The van der Waals surface area contributed by atoms with Gasteiger partial charge in [-0.05, 0) is 76.4 Å². The maximum absolute atomic E-state index is 14.7. The Labute approximate surface area is 217 Å². The van der Waals surface area contributed by atoms with Crippen molar-refractivity contribution in [1.29, 1.82) is 5.26 Å². The Morgan fingerprint density at radius 3 is 2.59 bits per heavy atom. The maximum atomic E-state index is 14.7. The minimum atomic E-state index is -0.640. The summed E-state index contributed by atoms with van der Waals surface area (Å²) < 4.78 is 20.3. The number of hydrogen-bond donors (Lipinski definition) is 2. The highest BCUT2D eigenvalue weighted by atomic mass is 19.1. The summed E-state index contributed by atoms with van der Waals surface area (Å²) in [6.07, 6.45) is 3.72. The van der Waals surface area contributed by atoms with Crippen LogP contribution in [0, 0.1) is 23.1 Å². The number of carbonyl (C=O) groups is 1. The van der Waals surface area contributed by atoms with Gasteiger partial charge in [0.1, 0.15) is 5.75 Å². The Hall–Kier alpha value is -3.70. The number of nitriles is 1. The molecule has 1 atom stereocenters. The number of pyridine rings is 1. The number of hydrogen-bond acceptors (Lipinski definition) is 6. The van der Waals surface area contributed by atoms with Gasteiger partial charge in [0, 0.05) is 29.6 Å². The SMILES string of the molecule is COc1ccc2ccc(-c3ccc(F)c(C(=O)NC4CCC(N(C)C)CC4)n3)cc2c1NCC(C)C#N. The average Bonchev–Trinajstić information content (AvgIpc) is 2.91. The molecule has 37 heavy (non-hydrogen) atoms. The average molecular weight is 504 g/mol. The fraction of sp³-hybridized carbons (Fsp3) is 0.414. The van der Waals surface area contributed by atoms with Gasteiger partial charge in [-0.2, -0.15) is 5.26 Å². The highest BCUT2D eigenvalue weighted by molar-refractivity contribution is 5.99. The number of ether oxygens (including phenoxy) is 1. The maximum Gasteiger partial charge on any atom is 0.273 e. The van der Waals surface area contributed by atoms with Crippen molar-refractivity contribution in [2.45, 2.75) is 44.7 Å². The van der Waals surface area contributed by atoms with Crippen molar-refractivity contribution in [1.82, 2.24) is 15.2 Å². The number of aromatic nitrogens is 1. The molecule has 2 N–H and O–H groups in total. The van der Waals surface area contributed by atoms with Crippen LogP contribution in [0.1, 0.15) is 43.1 Å². The zero-order chi connectivity index (χ0) is 26.5. The number of benzene rings is 2. The van der Waals surface area contributed by atoms with E-state index in [-0.39, 0.29) is 17.7 Å². The minimum absolute atomic E-state index is 0.0196. The van der Waals surface area contributed by atoms with Gasteiger partial charge < -0.3 is 20.3 Å². The number of anilines is 1. The van der Waals surface area contributed by atoms with Crippen LogP contribution >= 0.6 is 0 Å². The van der Waals surface area contributed by atoms with Gasteiger partial charge >= 0.3 is 0 Å². The van der Waals surface area contributed by atoms with Gasteiger partial charge in [0.05, 0.1) is 30.5 Å². The third-order valence-electron chi connectivity index (χ3n) is 7.13. The topological polar surface area (TPSA) is 90.3 Å². The number of fused-ring (bicyclic) bond motifs is 1. The summed E-state index contributed by atoms with van der Waals surface area (Å²) in [7, 11) is 5.75. The van der Waals surface area contributed by atoms with E-state index in [0.717, 1.165) is 47.7 Å². The quantitative estimate of drug-likeness (QED) is 0.438. The Bertz CT molecular complexity index is 1310. The molecule has 4 rings (SSSR count). The molecule has 0 spiro atoms. The molecule has 3 aromatic rings. The van der Waals surface area contributed by atoms with E-state index in [2.05, 4.69) is 40.7 Å². The van der Waals surface area contributed by atoms with Crippen LogP contribution in [0.4, 0.5) is 10.1 Å². The molecule has 194 valence electrons. The van der Waals surface area contributed by atoms with Gasteiger partial charge in [-0.25, -0.2) is 9.37 Å². The lowest BCUT2D eigenvalue weighted by Gasteiger charge is -2.32. The lowest BCUT2D eigenvalue weighted by atomic mass is 9.90. The third-order valence-corrected chi connectivity index (χ3v) is 7.13. The van der Waals surface area contributed by atoms with E-state index >= 15 is 0 Å². The first-order valence-electron chi connectivity index (χ1n) is 12.7. The third kappa shape index (κ3) is 6.00. The first kappa shape index (κ1) is 26.4. The van der Waals surface area contributed by atoms with Gasteiger partial charge in [0.15, 0.2) is 11.5 Å². The molecule has 0 radical (unpaired) electrons. The second-order valence-corrected chi connectivity index (χ2v) is 9.96. The Kier molecular flexibility index (Phi) is 8.24.